The lowest BCUT2D eigenvalue weighted by Crippen LogP contribution is -2.37. The molecule has 0 aromatic carbocycles. The van der Waals surface area contributed by atoms with Gasteiger partial charge in [-0.1, -0.05) is 29.5 Å². The second kappa shape index (κ2) is 10.2. The third-order valence-electron chi connectivity index (χ3n) is 1.96. The first-order valence-corrected chi connectivity index (χ1v) is 6.69. The van der Waals surface area contributed by atoms with Crippen LogP contribution in [0.5, 0.6) is 0 Å². The predicted octanol–water partition coefficient (Wildman–Crippen LogP) is 2.06. The van der Waals surface area contributed by atoms with Crippen LogP contribution in [0.2, 0.25) is 0 Å². The molecule has 0 aromatic rings. The summed E-state index contributed by atoms with van der Waals surface area (Å²) in [6.45, 7) is 4.62. The van der Waals surface area contributed by atoms with Crippen LogP contribution in [0.25, 0.3) is 0 Å². The molecule has 16 heavy (non-hydrogen) atoms. The van der Waals surface area contributed by atoms with Gasteiger partial charge in [0, 0.05) is 26.6 Å². The zero-order valence-electron chi connectivity index (χ0n) is 9.77. The van der Waals surface area contributed by atoms with E-state index >= 15 is 0 Å². The summed E-state index contributed by atoms with van der Waals surface area (Å²) in [6.07, 6.45) is -1.34. The maximum Gasteiger partial charge on any atom is 0.240 e. The highest BCUT2D eigenvalue weighted by molar-refractivity contribution is 14.1. The molecular formula is C10H20F2IN3. The molecule has 6 heteroatoms. The Morgan fingerprint density at radius 2 is 2.00 bits per heavy atom. The van der Waals surface area contributed by atoms with Crippen LogP contribution < -0.4 is 10.6 Å². The van der Waals surface area contributed by atoms with Crippen LogP contribution in [0, 0.1) is 0 Å². The Kier molecular flexibility index (Phi) is 10.2. The van der Waals surface area contributed by atoms with Gasteiger partial charge in [0.25, 0.3) is 0 Å². The Labute approximate surface area is 110 Å². The molecule has 0 spiro atoms. The fourth-order valence-corrected chi connectivity index (χ4v) is 2.06. The van der Waals surface area contributed by atoms with Crippen molar-refractivity contribution >= 4 is 28.4 Å². The summed E-state index contributed by atoms with van der Waals surface area (Å²) in [5.74, 6) is 0.652. The number of amidine groups is 1. The Hall–Kier alpha value is 0.0200. The van der Waals surface area contributed by atoms with Crippen LogP contribution in [-0.4, -0.2) is 42.9 Å². The van der Waals surface area contributed by atoms with Crippen molar-refractivity contribution in [2.45, 2.75) is 30.1 Å². The van der Waals surface area contributed by atoms with Gasteiger partial charge in [-0.05, 0) is 13.0 Å². The number of aliphatic imine (C=N–C) groups is 1. The van der Waals surface area contributed by atoms with Crippen molar-refractivity contribution in [3.63, 3.8) is 0 Å². The van der Waals surface area contributed by atoms with E-state index in [1.54, 1.807) is 7.05 Å². The van der Waals surface area contributed by atoms with Gasteiger partial charge < -0.3 is 10.6 Å². The van der Waals surface area contributed by atoms with Crippen molar-refractivity contribution in [1.29, 1.82) is 0 Å². The molecular weight excluding hydrogens is 327 g/mol. The molecule has 1 atom stereocenters. The number of rotatable bonds is 8. The van der Waals surface area contributed by atoms with Gasteiger partial charge >= 0.3 is 0 Å². The zero-order chi connectivity index (χ0) is 12.4. The number of nitrogens with zero attached hydrogens (tertiary/aromatic N) is 1. The van der Waals surface area contributed by atoms with Crippen LogP contribution in [0.15, 0.2) is 4.99 Å². The third-order valence-corrected chi connectivity index (χ3v) is 3.06. The van der Waals surface area contributed by atoms with E-state index in [-0.39, 0.29) is 10.3 Å². The monoisotopic (exact) mass is 347 g/mol. The van der Waals surface area contributed by atoms with Gasteiger partial charge in [-0.3, -0.25) is 4.99 Å². The van der Waals surface area contributed by atoms with Crippen molar-refractivity contribution in [2.24, 2.45) is 4.99 Å². The van der Waals surface area contributed by atoms with E-state index in [2.05, 4.69) is 22.5 Å². The summed E-state index contributed by atoms with van der Waals surface area (Å²) in [6, 6.07) is 0. The lowest BCUT2D eigenvalue weighted by molar-refractivity contribution is 0.142. The minimum absolute atomic E-state index is 0.150. The number of halogens is 3. The summed E-state index contributed by atoms with van der Waals surface area (Å²) >= 11 is 1.99. The molecule has 0 unspecified atom stereocenters. The lowest BCUT2D eigenvalue weighted by Gasteiger charge is -2.14. The number of alkyl halides is 3. The van der Waals surface area contributed by atoms with Gasteiger partial charge in [-0.2, -0.15) is 0 Å². The minimum atomic E-state index is -2.28. The quantitative estimate of drug-likeness (QED) is 0.232. The van der Waals surface area contributed by atoms with Gasteiger partial charge in [0.15, 0.2) is 0 Å². The first kappa shape index (κ1) is 16.0. The average Bonchev–Trinajstić information content (AvgIpc) is 2.22. The summed E-state index contributed by atoms with van der Waals surface area (Å²) in [5.41, 5.74) is 0. The fourth-order valence-electron chi connectivity index (χ4n) is 1.18. The standard InChI is InChI=1S/C10H20F2IN3/c1-3-4-15-5-6-16-10(14-2)8(13)7-9(11)12/h8-9,15H,3-7H2,1-2H3,(H,14,16)/t8-/m0/s1. The number of nitrogens with one attached hydrogen (secondary N) is 2. The SMILES string of the molecule is CCCNCCNC(=NC)[C@@H](I)CC(F)F. The summed E-state index contributed by atoms with van der Waals surface area (Å²) in [7, 11) is 1.62. The van der Waals surface area contributed by atoms with E-state index < -0.39 is 6.43 Å². The molecule has 0 saturated heterocycles. The van der Waals surface area contributed by atoms with Gasteiger partial charge in [0.05, 0.1) is 3.92 Å². The fraction of sp³-hybridized carbons (Fsp3) is 0.900. The largest absolute Gasteiger partial charge is 0.372 e. The van der Waals surface area contributed by atoms with Crippen LogP contribution in [0.4, 0.5) is 8.78 Å². The van der Waals surface area contributed by atoms with E-state index in [4.69, 9.17) is 0 Å². The molecule has 0 aliphatic heterocycles. The van der Waals surface area contributed by atoms with Crippen molar-refractivity contribution in [3.8, 4) is 0 Å². The molecule has 0 radical (unpaired) electrons. The molecule has 0 amide bonds. The second-order valence-corrected chi connectivity index (χ2v) is 4.88. The normalized spacial score (nSPS) is 14.2. The van der Waals surface area contributed by atoms with Gasteiger partial charge in [-0.15, -0.1) is 0 Å². The van der Waals surface area contributed by atoms with Crippen LogP contribution in [0.1, 0.15) is 19.8 Å². The lowest BCUT2D eigenvalue weighted by atomic mass is 10.3. The second-order valence-electron chi connectivity index (χ2n) is 3.38. The molecule has 0 rings (SSSR count). The van der Waals surface area contributed by atoms with Crippen molar-refractivity contribution in [2.75, 3.05) is 26.7 Å². The molecule has 0 aliphatic rings. The molecule has 0 fully saturated rings. The van der Waals surface area contributed by atoms with E-state index in [1.807, 2.05) is 22.6 Å². The first-order chi connectivity index (χ1) is 7.61. The molecule has 0 heterocycles. The van der Waals surface area contributed by atoms with Crippen LogP contribution in [-0.2, 0) is 0 Å². The first-order valence-electron chi connectivity index (χ1n) is 5.45. The van der Waals surface area contributed by atoms with E-state index in [0.717, 1.165) is 26.1 Å². The molecule has 0 aromatic heterocycles. The van der Waals surface area contributed by atoms with Crippen molar-refractivity contribution < 1.29 is 8.78 Å². The zero-order valence-corrected chi connectivity index (χ0v) is 11.9. The number of hydrogen-bond acceptors (Lipinski definition) is 2. The topological polar surface area (TPSA) is 36.4 Å². The van der Waals surface area contributed by atoms with E-state index in [1.165, 1.54) is 0 Å². The van der Waals surface area contributed by atoms with Crippen LogP contribution >= 0.6 is 22.6 Å². The third kappa shape index (κ3) is 8.20. The average molecular weight is 347 g/mol. The minimum Gasteiger partial charge on any atom is -0.372 e. The highest BCUT2D eigenvalue weighted by atomic mass is 127. The highest BCUT2D eigenvalue weighted by Gasteiger charge is 2.16. The van der Waals surface area contributed by atoms with E-state index in [0.29, 0.717) is 5.84 Å². The molecule has 0 aliphatic carbocycles. The molecule has 0 bridgehead atoms. The maximum atomic E-state index is 12.2. The van der Waals surface area contributed by atoms with Crippen molar-refractivity contribution in [1.82, 2.24) is 10.6 Å². The molecule has 0 saturated carbocycles. The van der Waals surface area contributed by atoms with Gasteiger partial charge in [-0.25, -0.2) is 8.78 Å². The molecule has 3 nitrogen and oxygen atoms in total. The summed E-state index contributed by atoms with van der Waals surface area (Å²) in [5, 5.41) is 6.31. The summed E-state index contributed by atoms with van der Waals surface area (Å²) < 4.78 is 24.1. The Morgan fingerprint density at radius 1 is 1.31 bits per heavy atom. The molecule has 96 valence electrons. The summed E-state index contributed by atoms with van der Waals surface area (Å²) in [4.78, 5) is 4.00. The Bertz CT molecular complexity index is 201. The van der Waals surface area contributed by atoms with Gasteiger partial charge in [0.2, 0.25) is 6.43 Å². The van der Waals surface area contributed by atoms with E-state index in [9.17, 15) is 8.78 Å². The molecule has 2 N–H and O–H groups in total. The Balaban J connectivity index is 3.75. The van der Waals surface area contributed by atoms with Crippen molar-refractivity contribution in [3.05, 3.63) is 0 Å². The smallest absolute Gasteiger partial charge is 0.240 e. The van der Waals surface area contributed by atoms with Crippen LogP contribution in [0.3, 0.4) is 0 Å². The number of hydrogen-bond donors (Lipinski definition) is 2. The maximum absolute atomic E-state index is 12.2. The predicted molar refractivity (Wildman–Crippen MR) is 73.0 cm³/mol. The highest BCUT2D eigenvalue weighted by Crippen LogP contribution is 2.13. The Morgan fingerprint density at radius 3 is 2.50 bits per heavy atom. The van der Waals surface area contributed by atoms with Gasteiger partial charge in [0.1, 0.15) is 5.84 Å².